The molecule has 1 aromatic heterocycles. The summed E-state index contributed by atoms with van der Waals surface area (Å²) in [5.41, 5.74) is -0.283. The monoisotopic (exact) mass is 363 g/mol. The van der Waals surface area contributed by atoms with E-state index in [-0.39, 0.29) is 11.5 Å². The van der Waals surface area contributed by atoms with E-state index in [2.05, 4.69) is 14.8 Å². The third-order valence-electron chi connectivity index (χ3n) is 6.27. The second-order valence-corrected chi connectivity index (χ2v) is 8.23. The predicted molar refractivity (Wildman–Crippen MR) is 97.7 cm³/mol. The van der Waals surface area contributed by atoms with Crippen molar-refractivity contribution in [1.29, 1.82) is 0 Å². The van der Waals surface area contributed by atoms with Crippen LogP contribution in [0.1, 0.15) is 44.9 Å². The highest BCUT2D eigenvalue weighted by atomic mass is 35.5. The molecule has 0 bridgehead atoms. The van der Waals surface area contributed by atoms with Gasteiger partial charge in [0.05, 0.1) is 16.5 Å². The zero-order chi connectivity index (χ0) is 17.4. The number of aliphatic hydroxyl groups is 1. The van der Waals surface area contributed by atoms with Gasteiger partial charge in [0.2, 0.25) is 5.91 Å². The molecule has 0 aromatic carbocycles. The first kappa shape index (κ1) is 17.1. The second-order valence-electron chi connectivity index (χ2n) is 7.83. The SMILES string of the molecule is O=C1N([C@H]2CC[C@@H](O)CC2)CC[C@]12CCCN(c1ncccc1Cl)C2. The topological polar surface area (TPSA) is 56.7 Å². The van der Waals surface area contributed by atoms with E-state index >= 15 is 0 Å². The molecule has 3 aliphatic rings. The Bertz CT molecular complexity index is 647. The van der Waals surface area contributed by atoms with Crippen molar-refractivity contribution in [2.75, 3.05) is 24.5 Å². The molecular weight excluding hydrogens is 338 g/mol. The molecule has 1 saturated carbocycles. The van der Waals surface area contributed by atoms with Crippen LogP contribution in [0, 0.1) is 5.41 Å². The maximum atomic E-state index is 13.3. The fraction of sp³-hybridized carbons (Fsp3) is 0.684. The number of carbonyl (C=O) groups excluding carboxylic acids is 1. The second kappa shape index (κ2) is 6.76. The van der Waals surface area contributed by atoms with Gasteiger partial charge >= 0.3 is 0 Å². The Kier molecular flexibility index (Phi) is 4.63. The molecule has 6 heteroatoms. The molecule has 3 heterocycles. The van der Waals surface area contributed by atoms with Gasteiger partial charge in [-0.2, -0.15) is 0 Å². The molecule has 136 valence electrons. The van der Waals surface area contributed by atoms with Gasteiger partial charge in [-0.1, -0.05) is 11.6 Å². The van der Waals surface area contributed by atoms with Gasteiger partial charge in [-0.05, 0) is 57.1 Å². The number of hydrogen-bond donors (Lipinski definition) is 1. The Morgan fingerprint density at radius 1 is 1.20 bits per heavy atom. The zero-order valence-electron chi connectivity index (χ0n) is 14.5. The Morgan fingerprint density at radius 2 is 2.00 bits per heavy atom. The maximum Gasteiger partial charge on any atom is 0.230 e. The fourth-order valence-corrected chi connectivity index (χ4v) is 5.11. The van der Waals surface area contributed by atoms with E-state index < -0.39 is 0 Å². The van der Waals surface area contributed by atoms with Crippen molar-refractivity contribution >= 4 is 23.3 Å². The van der Waals surface area contributed by atoms with E-state index in [1.54, 1.807) is 6.20 Å². The van der Waals surface area contributed by atoms with E-state index in [0.717, 1.165) is 63.9 Å². The van der Waals surface area contributed by atoms with Crippen LogP contribution in [0.15, 0.2) is 18.3 Å². The van der Waals surface area contributed by atoms with Gasteiger partial charge in [-0.15, -0.1) is 0 Å². The summed E-state index contributed by atoms with van der Waals surface area (Å²) in [5.74, 6) is 1.11. The average Bonchev–Trinajstić information content (AvgIpc) is 2.92. The lowest BCUT2D eigenvalue weighted by molar-refractivity contribution is -0.139. The van der Waals surface area contributed by atoms with Gasteiger partial charge in [0.15, 0.2) is 0 Å². The summed E-state index contributed by atoms with van der Waals surface area (Å²) in [4.78, 5) is 22.0. The average molecular weight is 364 g/mol. The summed E-state index contributed by atoms with van der Waals surface area (Å²) in [6.45, 7) is 2.47. The number of aliphatic hydroxyl groups excluding tert-OH is 1. The molecule has 25 heavy (non-hydrogen) atoms. The number of hydrogen-bond acceptors (Lipinski definition) is 4. The highest BCUT2D eigenvalue weighted by molar-refractivity contribution is 6.32. The minimum atomic E-state index is -0.283. The van der Waals surface area contributed by atoms with Crippen LogP contribution in [0.25, 0.3) is 0 Å². The lowest BCUT2D eigenvalue weighted by Gasteiger charge is -2.41. The van der Waals surface area contributed by atoms with Crippen molar-refractivity contribution in [3.63, 3.8) is 0 Å². The van der Waals surface area contributed by atoms with Crippen molar-refractivity contribution < 1.29 is 9.90 Å². The van der Waals surface area contributed by atoms with Crippen LogP contribution in [0.3, 0.4) is 0 Å². The van der Waals surface area contributed by atoms with Gasteiger partial charge in [-0.3, -0.25) is 4.79 Å². The quantitative estimate of drug-likeness (QED) is 0.877. The summed E-state index contributed by atoms with van der Waals surface area (Å²) in [7, 11) is 0. The molecule has 0 unspecified atom stereocenters. The van der Waals surface area contributed by atoms with Crippen LogP contribution in [-0.4, -0.2) is 52.7 Å². The zero-order valence-corrected chi connectivity index (χ0v) is 15.3. The molecule has 2 aliphatic heterocycles. The number of anilines is 1. The summed E-state index contributed by atoms with van der Waals surface area (Å²) < 4.78 is 0. The summed E-state index contributed by atoms with van der Waals surface area (Å²) in [5, 5.41) is 10.4. The van der Waals surface area contributed by atoms with Gasteiger partial charge in [0.1, 0.15) is 5.82 Å². The lowest BCUT2D eigenvalue weighted by Crippen LogP contribution is -2.50. The van der Waals surface area contributed by atoms with E-state index in [0.29, 0.717) is 23.5 Å². The lowest BCUT2D eigenvalue weighted by atomic mass is 9.78. The van der Waals surface area contributed by atoms with Crippen molar-refractivity contribution in [3.8, 4) is 0 Å². The van der Waals surface area contributed by atoms with E-state index in [9.17, 15) is 9.90 Å². The van der Waals surface area contributed by atoms with Crippen LogP contribution in [0.5, 0.6) is 0 Å². The van der Waals surface area contributed by atoms with Crippen LogP contribution < -0.4 is 4.90 Å². The number of rotatable bonds is 2. The number of amides is 1. The summed E-state index contributed by atoms with van der Waals surface area (Å²) in [6, 6.07) is 4.01. The van der Waals surface area contributed by atoms with E-state index in [4.69, 9.17) is 11.6 Å². The summed E-state index contributed by atoms with van der Waals surface area (Å²) in [6.07, 6.45) is 7.95. The van der Waals surface area contributed by atoms with Gasteiger partial charge in [0, 0.05) is 31.9 Å². The third-order valence-corrected chi connectivity index (χ3v) is 6.56. The van der Waals surface area contributed by atoms with Crippen LogP contribution in [0.4, 0.5) is 5.82 Å². The fourth-order valence-electron chi connectivity index (χ4n) is 4.87. The first-order valence-corrected chi connectivity index (χ1v) is 9.81. The molecular formula is C19H26ClN3O2. The van der Waals surface area contributed by atoms with Crippen molar-refractivity contribution in [2.45, 2.75) is 57.1 Å². The Labute approximate surface area is 154 Å². The molecule has 1 spiro atoms. The molecule has 2 saturated heterocycles. The number of pyridine rings is 1. The molecule has 5 nitrogen and oxygen atoms in total. The number of nitrogens with zero attached hydrogens (tertiary/aromatic N) is 3. The summed E-state index contributed by atoms with van der Waals surface area (Å²) >= 11 is 6.33. The van der Waals surface area contributed by atoms with E-state index in [1.165, 1.54) is 0 Å². The minimum Gasteiger partial charge on any atom is -0.393 e. The standard InChI is InChI=1S/C19H26ClN3O2/c20-16-3-1-10-21-17(16)22-11-2-8-19(13-22)9-12-23(18(19)25)14-4-6-15(24)7-5-14/h1,3,10,14-15,24H,2,4-9,11-13H2/t14-,15+,19-/m0/s1. The predicted octanol–water partition coefficient (Wildman–Crippen LogP) is 2.86. The largest absolute Gasteiger partial charge is 0.393 e. The molecule has 3 fully saturated rings. The molecule has 1 N–H and O–H groups in total. The molecule has 1 atom stereocenters. The number of aromatic nitrogens is 1. The van der Waals surface area contributed by atoms with Gasteiger partial charge in [-0.25, -0.2) is 4.98 Å². The minimum absolute atomic E-state index is 0.181. The molecule has 1 amide bonds. The first-order valence-electron chi connectivity index (χ1n) is 9.44. The van der Waals surface area contributed by atoms with E-state index in [1.807, 2.05) is 12.1 Å². The number of piperidine rings is 1. The van der Waals surface area contributed by atoms with Crippen LogP contribution >= 0.6 is 11.6 Å². The van der Waals surface area contributed by atoms with Crippen LogP contribution in [-0.2, 0) is 4.79 Å². The van der Waals surface area contributed by atoms with Crippen molar-refractivity contribution in [3.05, 3.63) is 23.4 Å². The van der Waals surface area contributed by atoms with Gasteiger partial charge in [0.25, 0.3) is 0 Å². The number of halogens is 1. The molecule has 0 radical (unpaired) electrons. The van der Waals surface area contributed by atoms with Crippen molar-refractivity contribution in [1.82, 2.24) is 9.88 Å². The normalized spacial score (nSPS) is 33.3. The molecule has 1 aromatic rings. The molecule has 4 rings (SSSR count). The Morgan fingerprint density at radius 3 is 2.76 bits per heavy atom. The smallest absolute Gasteiger partial charge is 0.230 e. The first-order chi connectivity index (χ1) is 12.1. The van der Waals surface area contributed by atoms with Gasteiger partial charge < -0.3 is 14.9 Å². The van der Waals surface area contributed by atoms with Crippen LogP contribution in [0.2, 0.25) is 5.02 Å². The Balaban J connectivity index is 1.50. The highest BCUT2D eigenvalue weighted by Crippen LogP contribution is 2.43. The number of carbonyl (C=O) groups is 1. The van der Waals surface area contributed by atoms with Crippen molar-refractivity contribution in [2.24, 2.45) is 5.41 Å². The highest BCUT2D eigenvalue weighted by Gasteiger charge is 2.50. The number of likely N-dealkylation sites (tertiary alicyclic amines) is 1. The molecule has 1 aliphatic carbocycles. The third kappa shape index (κ3) is 3.13. The Hall–Kier alpha value is -1.33. The maximum absolute atomic E-state index is 13.3.